The molecule has 1 spiro atoms. The van der Waals surface area contributed by atoms with Crippen LogP contribution in [0.5, 0.6) is 5.75 Å². The molecule has 1 amide bonds. The molecule has 4 aliphatic rings. The maximum atomic E-state index is 14.1. The number of carbonyl (C=O) groups is 2. The van der Waals surface area contributed by atoms with Gasteiger partial charge in [-0.1, -0.05) is 29.8 Å². The lowest BCUT2D eigenvalue weighted by Gasteiger charge is -2.46. The molecule has 2 aromatic carbocycles. The number of methoxy groups -OCH3 is 1. The SMILES string of the molecule is CO[C@H]1/C=C/CCC[S@@](=O)(CC(=O)CCS(C)(=O)=O)=NC(=O)c2ccc3c(c2)N(C[C@@H]2CC[C@H]21)C[C@@]1(CCCc2cc(Cl)ccc21)CO3. The normalized spacial score (nSPS) is 29.8. The van der Waals surface area contributed by atoms with Crippen LogP contribution in [0.4, 0.5) is 5.69 Å². The first-order chi connectivity index (χ1) is 22.9. The molecule has 0 aromatic heterocycles. The van der Waals surface area contributed by atoms with Crippen LogP contribution in [-0.2, 0) is 40.9 Å². The molecule has 0 N–H and O–H groups in total. The van der Waals surface area contributed by atoms with E-state index in [1.807, 2.05) is 12.1 Å². The van der Waals surface area contributed by atoms with Gasteiger partial charge in [0.15, 0.2) is 0 Å². The van der Waals surface area contributed by atoms with Crippen molar-refractivity contribution < 1.29 is 31.7 Å². The zero-order valence-corrected chi connectivity index (χ0v) is 30.1. The van der Waals surface area contributed by atoms with Crippen molar-refractivity contribution in [3.05, 3.63) is 70.3 Å². The second-order valence-electron chi connectivity index (χ2n) is 14.0. The van der Waals surface area contributed by atoms with Gasteiger partial charge in [0.25, 0.3) is 5.91 Å². The fraction of sp³-hybridized carbons (Fsp3) is 0.556. The van der Waals surface area contributed by atoms with E-state index in [4.69, 9.17) is 21.1 Å². The summed E-state index contributed by atoms with van der Waals surface area (Å²) in [4.78, 5) is 28.9. The number of anilines is 1. The summed E-state index contributed by atoms with van der Waals surface area (Å²) < 4.78 is 54.2. The molecule has 2 aliphatic heterocycles. The van der Waals surface area contributed by atoms with Crippen molar-refractivity contribution in [2.24, 2.45) is 16.2 Å². The largest absolute Gasteiger partial charge is 0.490 e. The molecule has 260 valence electrons. The Bertz CT molecular complexity index is 1830. The summed E-state index contributed by atoms with van der Waals surface area (Å²) in [5.41, 5.74) is 3.31. The number of fused-ring (bicyclic) bond motifs is 4. The first-order valence-corrected chi connectivity index (χ1v) is 21.1. The highest BCUT2D eigenvalue weighted by Crippen LogP contribution is 2.47. The Labute approximate surface area is 289 Å². The van der Waals surface area contributed by atoms with Gasteiger partial charge in [-0.25, -0.2) is 12.6 Å². The molecule has 5 atom stereocenters. The predicted octanol–water partition coefficient (Wildman–Crippen LogP) is 5.82. The number of nitrogens with zero attached hydrogens (tertiary/aromatic N) is 2. The van der Waals surface area contributed by atoms with Crippen LogP contribution in [-0.4, -0.2) is 80.7 Å². The second kappa shape index (κ2) is 14.2. The third-order valence-corrected chi connectivity index (χ3v) is 13.8. The van der Waals surface area contributed by atoms with Crippen LogP contribution in [0.25, 0.3) is 0 Å². The lowest BCUT2D eigenvalue weighted by molar-refractivity contribution is -0.116. The number of hydrogen-bond acceptors (Lipinski definition) is 8. The summed E-state index contributed by atoms with van der Waals surface area (Å²) >= 11 is 6.42. The topological polar surface area (TPSA) is 119 Å². The average molecular weight is 717 g/mol. The number of halogens is 1. The average Bonchev–Trinajstić information content (AvgIpc) is 3.17. The molecule has 6 rings (SSSR count). The molecule has 48 heavy (non-hydrogen) atoms. The first-order valence-electron chi connectivity index (χ1n) is 16.8. The van der Waals surface area contributed by atoms with Crippen LogP contribution < -0.4 is 9.64 Å². The van der Waals surface area contributed by atoms with Crippen molar-refractivity contribution in [1.29, 1.82) is 0 Å². The third-order valence-electron chi connectivity index (χ3n) is 10.5. The van der Waals surface area contributed by atoms with Crippen LogP contribution in [0, 0.1) is 11.8 Å². The van der Waals surface area contributed by atoms with Gasteiger partial charge in [0.05, 0.1) is 39.6 Å². The zero-order chi connectivity index (χ0) is 34.1. The van der Waals surface area contributed by atoms with E-state index in [-0.39, 0.29) is 35.0 Å². The van der Waals surface area contributed by atoms with Gasteiger partial charge < -0.3 is 14.4 Å². The minimum absolute atomic E-state index is 0.0452. The minimum atomic E-state index is -3.38. The molecule has 0 radical (unpaired) electrons. The molecule has 2 aliphatic carbocycles. The standard InChI is InChI=1S/C36H45ClN2O7S2/c1-45-33-8-4-3-5-17-48(44,22-29(40)15-18-47(2,42)43)38-35(41)26-10-14-34-32(20-26)39(21-27-9-12-30(27)33)23-36(24-46-34)16-6-7-25-19-28(37)11-13-31(25)36/h4,8,10-11,13-14,19-20,27,30,33H,3,5-7,9,12,15-18,21-24H2,1-2H3/b8-4+/t27-,30+,33-,36-,48+/m0/s1. The zero-order valence-electron chi connectivity index (χ0n) is 27.7. The highest BCUT2D eigenvalue weighted by molar-refractivity contribution is 7.94. The van der Waals surface area contributed by atoms with Gasteiger partial charge in [0.1, 0.15) is 21.4 Å². The minimum Gasteiger partial charge on any atom is -0.490 e. The van der Waals surface area contributed by atoms with Crippen molar-refractivity contribution in [2.75, 3.05) is 55.2 Å². The highest BCUT2D eigenvalue weighted by atomic mass is 35.5. The second-order valence-corrected chi connectivity index (χ2v) is 19.1. The van der Waals surface area contributed by atoms with Crippen molar-refractivity contribution >= 4 is 48.5 Å². The molecule has 2 heterocycles. The maximum absolute atomic E-state index is 14.1. The number of hydrogen-bond donors (Lipinski definition) is 0. The summed E-state index contributed by atoms with van der Waals surface area (Å²) in [6.45, 7) is 1.95. The summed E-state index contributed by atoms with van der Waals surface area (Å²) in [5.74, 6) is -0.499. The highest BCUT2D eigenvalue weighted by Gasteiger charge is 2.44. The smallest absolute Gasteiger partial charge is 0.285 e. The summed E-state index contributed by atoms with van der Waals surface area (Å²) in [6.07, 6.45) is 11.0. The Kier molecular flexibility index (Phi) is 10.4. The van der Waals surface area contributed by atoms with Gasteiger partial charge in [0.2, 0.25) is 0 Å². The van der Waals surface area contributed by atoms with E-state index in [9.17, 15) is 22.2 Å². The van der Waals surface area contributed by atoms with Crippen molar-refractivity contribution in [3.63, 3.8) is 0 Å². The molecule has 9 nitrogen and oxygen atoms in total. The number of amides is 1. The van der Waals surface area contributed by atoms with Gasteiger partial charge in [-0.15, -0.1) is 0 Å². The fourth-order valence-corrected chi connectivity index (χ4v) is 10.6. The summed E-state index contributed by atoms with van der Waals surface area (Å²) in [5, 5.41) is 0.727. The monoisotopic (exact) mass is 716 g/mol. The van der Waals surface area contributed by atoms with Gasteiger partial charge in [0, 0.05) is 54.6 Å². The van der Waals surface area contributed by atoms with Crippen molar-refractivity contribution in [1.82, 2.24) is 0 Å². The summed E-state index contributed by atoms with van der Waals surface area (Å²) in [6, 6.07) is 11.4. The van der Waals surface area contributed by atoms with E-state index >= 15 is 0 Å². The number of rotatable bonds is 6. The van der Waals surface area contributed by atoms with E-state index < -0.39 is 37.0 Å². The van der Waals surface area contributed by atoms with Gasteiger partial charge >= 0.3 is 0 Å². The maximum Gasteiger partial charge on any atom is 0.285 e. The number of benzene rings is 2. The number of carbonyl (C=O) groups excluding carboxylic acids is 2. The van der Waals surface area contributed by atoms with E-state index in [1.165, 1.54) is 11.1 Å². The van der Waals surface area contributed by atoms with Crippen LogP contribution >= 0.6 is 11.6 Å². The molecule has 12 heteroatoms. The number of sulfone groups is 1. The predicted molar refractivity (Wildman–Crippen MR) is 190 cm³/mol. The molecule has 0 unspecified atom stereocenters. The van der Waals surface area contributed by atoms with Crippen LogP contribution in [0.3, 0.4) is 0 Å². The van der Waals surface area contributed by atoms with Crippen LogP contribution in [0.1, 0.15) is 66.4 Å². The molecule has 0 saturated heterocycles. The van der Waals surface area contributed by atoms with E-state index in [0.717, 1.165) is 55.6 Å². The Morgan fingerprint density at radius 2 is 2.02 bits per heavy atom. The Morgan fingerprint density at radius 1 is 1.19 bits per heavy atom. The van der Waals surface area contributed by atoms with E-state index in [2.05, 4.69) is 27.5 Å². The van der Waals surface area contributed by atoms with Gasteiger partial charge in [-0.05, 0) is 98.2 Å². The quantitative estimate of drug-likeness (QED) is 0.344. The molecular formula is C36H45ClN2O7S2. The lowest BCUT2D eigenvalue weighted by atomic mass is 9.68. The number of ether oxygens (including phenoxy) is 2. The van der Waals surface area contributed by atoms with Crippen LogP contribution in [0.2, 0.25) is 5.02 Å². The Hall–Kier alpha value is -2.73. The molecule has 2 bridgehead atoms. The molecule has 1 fully saturated rings. The van der Waals surface area contributed by atoms with Crippen molar-refractivity contribution in [2.45, 2.75) is 62.9 Å². The first kappa shape index (κ1) is 35.1. The fourth-order valence-electron chi connectivity index (χ4n) is 7.81. The van der Waals surface area contributed by atoms with Gasteiger partial charge in [-0.2, -0.15) is 4.36 Å². The number of allylic oxidation sites excluding steroid dienone is 1. The molecule has 1 saturated carbocycles. The van der Waals surface area contributed by atoms with Crippen LogP contribution in [0.15, 0.2) is 52.9 Å². The molecule has 2 aromatic rings. The van der Waals surface area contributed by atoms with Gasteiger partial charge in [-0.3, -0.25) is 9.59 Å². The number of Topliss-reactive ketones (excluding diaryl/α,β-unsaturated/α-hetero) is 1. The lowest BCUT2D eigenvalue weighted by Crippen LogP contribution is -2.49. The Balaban J connectivity index is 1.40. The number of ketones is 1. The Morgan fingerprint density at radius 3 is 2.77 bits per heavy atom. The van der Waals surface area contributed by atoms with E-state index in [1.54, 1.807) is 25.3 Å². The van der Waals surface area contributed by atoms with Crippen molar-refractivity contribution in [3.8, 4) is 5.75 Å². The number of aryl methyl sites for hydroxylation is 1. The summed E-state index contributed by atoms with van der Waals surface area (Å²) in [7, 11) is -4.94. The van der Waals surface area contributed by atoms with E-state index in [0.29, 0.717) is 43.6 Å². The third kappa shape index (κ3) is 7.85. The molecular weight excluding hydrogens is 672 g/mol.